The topological polar surface area (TPSA) is 83.1 Å². The van der Waals surface area contributed by atoms with Crippen molar-refractivity contribution in [3.8, 4) is 11.5 Å². The van der Waals surface area contributed by atoms with Gasteiger partial charge in [0, 0.05) is 11.4 Å². The Morgan fingerprint density at radius 2 is 1.35 bits per heavy atom. The van der Waals surface area contributed by atoms with Crippen molar-refractivity contribution in [3.05, 3.63) is 46.3 Å². The second kappa shape index (κ2) is 7.95. The van der Waals surface area contributed by atoms with E-state index in [0.717, 1.165) is 0 Å². The molecule has 0 saturated heterocycles. The highest BCUT2D eigenvalue weighted by molar-refractivity contribution is 5.99. The van der Waals surface area contributed by atoms with Gasteiger partial charge in [0.1, 0.15) is 0 Å². The second-order valence-corrected chi connectivity index (χ2v) is 5.73. The molecule has 1 N–H and O–H groups in total. The molecule has 0 amide bonds. The minimum Gasteiger partial charge on any atom is -0.493 e. The molecule has 7 nitrogen and oxygen atoms in total. The largest absolute Gasteiger partial charge is 0.493 e. The van der Waals surface area contributed by atoms with Gasteiger partial charge in [-0.3, -0.25) is 0 Å². The summed E-state index contributed by atoms with van der Waals surface area (Å²) in [6, 6.07) is 5.25. The number of rotatable bonds is 5. The molecule has 0 saturated carbocycles. The van der Waals surface area contributed by atoms with Crippen LogP contribution in [0.1, 0.15) is 25.3 Å². The number of carbonyl (C=O) groups is 2. The van der Waals surface area contributed by atoms with Gasteiger partial charge in [-0.2, -0.15) is 0 Å². The van der Waals surface area contributed by atoms with E-state index in [1.807, 2.05) is 0 Å². The molecule has 0 bridgehead atoms. The van der Waals surface area contributed by atoms with Gasteiger partial charge < -0.3 is 24.3 Å². The fourth-order valence-corrected chi connectivity index (χ4v) is 3.12. The van der Waals surface area contributed by atoms with Crippen LogP contribution in [0.15, 0.2) is 40.7 Å². The van der Waals surface area contributed by atoms with Gasteiger partial charge in [-0.15, -0.1) is 0 Å². The summed E-state index contributed by atoms with van der Waals surface area (Å²) in [5, 5.41) is 3.06. The SMILES string of the molecule is COC(=O)C1=C(C)NC(C)=C(C(=O)OC)C1c1ccc(OC)c(OC)c1. The third kappa shape index (κ3) is 3.37. The summed E-state index contributed by atoms with van der Waals surface area (Å²) in [5.41, 5.74) is 2.59. The van der Waals surface area contributed by atoms with Crippen molar-refractivity contribution in [2.24, 2.45) is 0 Å². The maximum Gasteiger partial charge on any atom is 0.336 e. The molecule has 0 aliphatic carbocycles. The zero-order valence-electron chi connectivity index (χ0n) is 15.8. The molecule has 140 valence electrons. The first-order valence-electron chi connectivity index (χ1n) is 7.96. The monoisotopic (exact) mass is 361 g/mol. The molecule has 0 spiro atoms. The summed E-state index contributed by atoms with van der Waals surface area (Å²) < 4.78 is 20.5. The van der Waals surface area contributed by atoms with E-state index in [2.05, 4.69) is 5.32 Å². The van der Waals surface area contributed by atoms with E-state index in [-0.39, 0.29) is 0 Å². The van der Waals surface area contributed by atoms with E-state index in [9.17, 15) is 9.59 Å². The standard InChI is InChI=1S/C19H23NO6/c1-10-15(18(21)25-5)17(16(11(2)20-10)19(22)26-6)12-7-8-13(23-3)14(9-12)24-4/h7-9,17,20H,1-6H3. The molecule has 1 aromatic carbocycles. The average Bonchev–Trinajstić information content (AvgIpc) is 2.65. The van der Waals surface area contributed by atoms with E-state index < -0.39 is 17.9 Å². The van der Waals surface area contributed by atoms with E-state index in [4.69, 9.17) is 18.9 Å². The number of nitrogens with one attached hydrogen (secondary N) is 1. The highest BCUT2D eigenvalue weighted by atomic mass is 16.5. The number of hydrogen-bond donors (Lipinski definition) is 1. The number of hydrogen-bond acceptors (Lipinski definition) is 7. The van der Waals surface area contributed by atoms with Crippen molar-refractivity contribution < 1.29 is 28.5 Å². The number of benzene rings is 1. The Bertz CT molecular complexity index is 755. The first-order valence-corrected chi connectivity index (χ1v) is 7.96. The van der Waals surface area contributed by atoms with Crippen molar-refractivity contribution in [2.75, 3.05) is 28.4 Å². The number of dihydropyridines is 1. The summed E-state index contributed by atoms with van der Waals surface area (Å²) in [7, 11) is 5.67. The number of allylic oxidation sites excluding steroid dienone is 2. The molecule has 1 aliphatic rings. The van der Waals surface area contributed by atoms with E-state index in [0.29, 0.717) is 39.6 Å². The highest BCUT2D eigenvalue weighted by Crippen LogP contribution is 2.41. The van der Waals surface area contributed by atoms with Crippen LogP contribution >= 0.6 is 0 Å². The van der Waals surface area contributed by atoms with Crippen LogP contribution in [0.25, 0.3) is 0 Å². The van der Waals surface area contributed by atoms with Gasteiger partial charge in [0.2, 0.25) is 0 Å². The molecule has 26 heavy (non-hydrogen) atoms. The van der Waals surface area contributed by atoms with Crippen molar-refractivity contribution in [3.63, 3.8) is 0 Å². The number of methoxy groups -OCH3 is 4. The zero-order chi connectivity index (χ0) is 19.4. The third-order valence-corrected chi connectivity index (χ3v) is 4.31. The fraction of sp³-hybridized carbons (Fsp3) is 0.368. The van der Waals surface area contributed by atoms with Crippen molar-refractivity contribution in [2.45, 2.75) is 19.8 Å². The normalized spacial score (nSPS) is 14.7. The Labute approximate surface area is 152 Å². The minimum atomic E-state index is -0.657. The lowest BCUT2D eigenvalue weighted by molar-refractivity contribution is -0.137. The lowest BCUT2D eigenvalue weighted by atomic mass is 9.80. The number of ether oxygens (including phenoxy) is 4. The van der Waals surface area contributed by atoms with Crippen LogP contribution in [0.4, 0.5) is 0 Å². The van der Waals surface area contributed by atoms with E-state index in [1.54, 1.807) is 32.0 Å². The van der Waals surface area contributed by atoms with Gasteiger partial charge >= 0.3 is 11.9 Å². The Hall–Kier alpha value is -2.96. The Morgan fingerprint density at radius 3 is 1.77 bits per heavy atom. The molecule has 2 rings (SSSR count). The van der Waals surface area contributed by atoms with Crippen molar-refractivity contribution >= 4 is 11.9 Å². The number of esters is 2. The minimum absolute atomic E-state index is 0.339. The predicted octanol–water partition coefficient (Wildman–Crippen LogP) is 2.28. The maximum absolute atomic E-state index is 12.5. The van der Waals surface area contributed by atoms with Crippen LogP contribution in [0, 0.1) is 0 Å². The van der Waals surface area contributed by atoms with Crippen molar-refractivity contribution in [1.29, 1.82) is 0 Å². The van der Waals surface area contributed by atoms with Crippen LogP contribution in [0.5, 0.6) is 11.5 Å². The summed E-state index contributed by atoms with van der Waals surface area (Å²) >= 11 is 0. The molecule has 0 atom stereocenters. The first kappa shape index (κ1) is 19.4. The molecule has 1 aliphatic heterocycles. The molecular weight excluding hydrogens is 338 g/mol. The van der Waals surface area contributed by atoms with Crippen LogP contribution < -0.4 is 14.8 Å². The molecule has 7 heteroatoms. The average molecular weight is 361 g/mol. The molecule has 1 aromatic rings. The molecule has 0 radical (unpaired) electrons. The smallest absolute Gasteiger partial charge is 0.336 e. The molecule has 0 unspecified atom stereocenters. The zero-order valence-corrected chi connectivity index (χ0v) is 15.8. The summed E-state index contributed by atoms with van der Waals surface area (Å²) in [5.74, 6) is -0.665. The molecule has 1 heterocycles. The first-order chi connectivity index (χ1) is 12.4. The molecule has 0 fully saturated rings. The predicted molar refractivity (Wildman–Crippen MR) is 94.9 cm³/mol. The van der Waals surface area contributed by atoms with Gasteiger partial charge in [0.15, 0.2) is 11.5 Å². The Balaban J connectivity index is 2.72. The molecular formula is C19H23NO6. The van der Waals surface area contributed by atoms with Crippen LogP contribution in [0.2, 0.25) is 0 Å². The summed E-state index contributed by atoms with van der Waals surface area (Å²) in [6.07, 6.45) is 0. The van der Waals surface area contributed by atoms with Crippen LogP contribution in [-0.4, -0.2) is 40.4 Å². The third-order valence-electron chi connectivity index (χ3n) is 4.31. The Morgan fingerprint density at radius 1 is 0.846 bits per heavy atom. The lowest BCUT2D eigenvalue weighted by Crippen LogP contribution is -2.32. The summed E-state index contributed by atoms with van der Waals surface area (Å²) in [4.78, 5) is 24.9. The van der Waals surface area contributed by atoms with Gasteiger partial charge in [0.25, 0.3) is 0 Å². The fourth-order valence-electron chi connectivity index (χ4n) is 3.12. The maximum atomic E-state index is 12.5. The van der Waals surface area contributed by atoms with Gasteiger partial charge in [-0.05, 0) is 31.5 Å². The highest BCUT2D eigenvalue weighted by Gasteiger charge is 2.37. The molecule has 0 aromatic heterocycles. The van der Waals surface area contributed by atoms with Crippen LogP contribution in [-0.2, 0) is 19.1 Å². The summed E-state index contributed by atoms with van der Waals surface area (Å²) in [6.45, 7) is 3.52. The van der Waals surface area contributed by atoms with Crippen molar-refractivity contribution in [1.82, 2.24) is 5.32 Å². The van der Waals surface area contributed by atoms with Gasteiger partial charge in [-0.25, -0.2) is 9.59 Å². The Kier molecular flexibility index (Phi) is 5.92. The lowest BCUT2D eigenvalue weighted by Gasteiger charge is -2.30. The quantitative estimate of drug-likeness (QED) is 0.806. The second-order valence-electron chi connectivity index (χ2n) is 5.73. The van der Waals surface area contributed by atoms with E-state index in [1.165, 1.54) is 28.4 Å². The van der Waals surface area contributed by atoms with Crippen LogP contribution in [0.3, 0.4) is 0 Å². The van der Waals surface area contributed by atoms with Gasteiger partial charge in [-0.1, -0.05) is 6.07 Å². The van der Waals surface area contributed by atoms with E-state index >= 15 is 0 Å². The van der Waals surface area contributed by atoms with Gasteiger partial charge in [0.05, 0.1) is 45.5 Å². The number of carbonyl (C=O) groups excluding carboxylic acids is 2.